The molecule has 31 heavy (non-hydrogen) atoms. The van der Waals surface area contributed by atoms with Gasteiger partial charge in [0.1, 0.15) is 11.1 Å². The van der Waals surface area contributed by atoms with Gasteiger partial charge in [-0.3, -0.25) is 0 Å². The maximum atomic E-state index is 12.8. The van der Waals surface area contributed by atoms with Gasteiger partial charge in [0.25, 0.3) is 0 Å². The average Bonchev–Trinajstić information content (AvgIpc) is 3.22. The molecule has 0 aromatic heterocycles. The Kier molecular flexibility index (Phi) is 4.97. The fourth-order valence-electron chi connectivity index (χ4n) is 3.80. The van der Waals surface area contributed by atoms with Crippen LogP contribution in [0.1, 0.15) is 27.8 Å². The molecule has 2 heterocycles. The van der Waals surface area contributed by atoms with Crippen LogP contribution in [0.3, 0.4) is 0 Å². The van der Waals surface area contributed by atoms with E-state index in [1.807, 2.05) is 32.9 Å². The fraction of sp³-hybridized carbons (Fsp3) is 0.250. The third-order valence-corrected chi connectivity index (χ3v) is 5.63. The van der Waals surface area contributed by atoms with Crippen LogP contribution >= 0.6 is 0 Å². The molecule has 0 amide bonds. The number of esters is 2. The molecule has 0 N–H and O–H groups in total. The highest BCUT2D eigenvalue weighted by molar-refractivity contribution is 6.29. The van der Waals surface area contributed by atoms with Gasteiger partial charge in [-0.2, -0.15) is 0 Å². The zero-order valence-electron chi connectivity index (χ0n) is 18.2. The van der Waals surface area contributed by atoms with E-state index in [-0.39, 0.29) is 22.7 Å². The number of ether oxygens (including phenoxy) is 5. The van der Waals surface area contributed by atoms with Gasteiger partial charge in [0, 0.05) is 5.56 Å². The summed E-state index contributed by atoms with van der Waals surface area (Å²) < 4.78 is 27.1. The number of hydrogen-bond acceptors (Lipinski definition) is 7. The van der Waals surface area contributed by atoms with Gasteiger partial charge in [0.05, 0.1) is 21.3 Å². The maximum absolute atomic E-state index is 12.8. The second-order valence-corrected chi connectivity index (χ2v) is 7.34. The van der Waals surface area contributed by atoms with E-state index < -0.39 is 11.9 Å². The summed E-state index contributed by atoms with van der Waals surface area (Å²) >= 11 is 0. The van der Waals surface area contributed by atoms with Crippen LogP contribution in [0.4, 0.5) is 0 Å². The third-order valence-electron chi connectivity index (χ3n) is 5.63. The zero-order valence-corrected chi connectivity index (χ0v) is 18.2. The van der Waals surface area contributed by atoms with Crippen molar-refractivity contribution in [2.45, 2.75) is 20.8 Å². The lowest BCUT2D eigenvalue weighted by Crippen LogP contribution is -2.06. The van der Waals surface area contributed by atoms with E-state index in [4.69, 9.17) is 23.7 Å². The lowest BCUT2D eigenvalue weighted by atomic mass is 9.96. The van der Waals surface area contributed by atoms with Crippen molar-refractivity contribution in [3.05, 3.63) is 63.6 Å². The van der Waals surface area contributed by atoms with E-state index in [1.165, 1.54) is 21.3 Å². The van der Waals surface area contributed by atoms with Crippen molar-refractivity contribution in [2.75, 3.05) is 21.3 Å². The first-order valence-electron chi connectivity index (χ1n) is 9.62. The van der Waals surface area contributed by atoms with Gasteiger partial charge in [0.2, 0.25) is 5.75 Å². The molecule has 0 aliphatic carbocycles. The van der Waals surface area contributed by atoms with Crippen molar-refractivity contribution in [1.82, 2.24) is 0 Å². The highest BCUT2D eigenvalue weighted by Gasteiger charge is 2.44. The number of benzene rings is 2. The fourth-order valence-corrected chi connectivity index (χ4v) is 3.80. The molecule has 7 nitrogen and oxygen atoms in total. The molecule has 160 valence electrons. The molecule has 4 rings (SSSR count). The number of carbonyl (C=O) groups excluding carboxylic acids is 2. The average molecular weight is 422 g/mol. The Balaban J connectivity index is 1.92. The Morgan fingerprint density at radius 1 is 0.645 bits per heavy atom. The Bertz CT molecular complexity index is 1150. The summed E-state index contributed by atoms with van der Waals surface area (Å²) in [6.07, 6.45) is 0. The summed E-state index contributed by atoms with van der Waals surface area (Å²) in [7, 11) is 4.45. The minimum absolute atomic E-state index is 0.0927. The first kappa shape index (κ1) is 20.5. The van der Waals surface area contributed by atoms with Crippen LogP contribution in [0.25, 0.3) is 11.1 Å². The summed E-state index contributed by atoms with van der Waals surface area (Å²) in [5, 5.41) is 0. The molecule has 2 aromatic rings. The highest BCUT2D eigenvalue weighted by atomic mass is 16.6. The molecule has 2 aliphatic heterocycles. The smallest absolute Gasteiger partial charge is 0.348 e. The van der Waals surface area contributed by atoms with Crippen molar-refractivity contribution in [2.24, 2.45) is 0 Å². The molecule has 0 bridgehead atoms. The van der Waals surface area contributed by atoms with E-state index >= 15 is 0 Å². The van der Waals surface area contributed by atoms with E-state index in [2.05, 4.69) is 0 Å². The second-order valence-electron chi connectivity index (χ2n) is 7.34. The van der Waals surface area contributed by atoms with Crippen LogP contribution in [0.15, 0.2) is 35.8 Å². The zero-order chi connectivity index (χ0) is 22.4. The normalized spacial score (nSPS) is 15.2. The molecule has 0 saturated carbocycles. The van der Waals surface area contributed by atoms with Crippen molar-refractivity contribution < 1.29 is 33.3 Å². The molecule has 0 radical (unpaired) electrons. The summed E-state index contributed by atoms with van der Waals surface area (Å²) in [5.41, 5.74) is 4.63. The predicted octanol–water partition coefficient (Wildman–Crippen LogP) is 3.87. The van der Waals surface area contributed by atoms with Crippen LogP contribution in [0, 0.1) is 20.8 Å². The lowest BCUT2D eigenvalue weighted by Gasteiger charge is -2.14. The molecular formula is C24H22O7. The van der Waals surface area contributed by atoms with Gasteiger partial charge >= 0.3 is 11.9 Å². The van der Waals surface area contributed by atoms with E-state index in [1.54, 1.807) is 12.1 Å². The molecule has 0 atom stereocenters. The molecule has 0 spiro atoms. The molecule has 7 heteroatoms. The molecule has 2 aliphatic rings. The number of aryl methyl sites for hydroxylation is 2. The van der Waals surface area contributed by atoms with Crippen LogP contribution in [0.2, 0.25) is 0 Å². The lowest BCUT2D eigenvalue weighted by molar-refractivity contribution is -0.131. The van der Waals surface area contributed by atoms with E-state index in [0.717, 1.165) is 16.7 Å². The van der Waals surface area contributed by atoms with Crippen LogP contribution in [0.5, 0.6) is 17.2 Å². The number of methoxy groups -OCH3 is 3. The highest BCUT2D eigenvalue weighted by Crippen LogP contribution is 2.47. The van der Waals surface area contributed by atoms with Crippen molar-refractivity contribution in [3.63, 3.8) is 0 Å². The van der Waals surface area contributed by atoms with Gasteiger partial charge in [-0.25, -0.2) is 9.59 Å². The molecule has 0 unspecified atom stereocenters. The monoisotopic (exact) mass is 422 g/mol. The molecular weight excluding hydrogens is 400 g/mol. The van der Waals surface area contributed by atoms with Gasteiger partial charge in [-0.1, -0.05) is 12.1 Å². The minimum Gasteiger partial charge on any atom is -0.493 e. The number of rotatable bonds is 5. The molecule has 0 fully saturated rings. The van der Waals surface area contributed by atoms with E-state index in [9.17, 15) is 9.59 Å². The number of fused-ring (bicyclic) bond motifs is 1. The Morgan fingerprint density at radius 2 is 1.06 bits per heavy atom. The van der Waals surface area contributed by atoms with Crippen molar-refractivity contribution in [1.29, 1.82) is 0 Å². The van der Waals surface area contributed by atoms with Gasteiger partial charge in [-0.05, 0) is 55.2 Å². The maximum Gasteiger partial charge on any atom is 0.348 e. The summed E-state index contributed by atoms with van der Waals surface area (Å²) in [4.78, 5) is 25.5. The van der Waals surface area contributed by atoms with Gasteiger partial charge in [0.15, 0.2) is 23.0 Å². The SMILES string of the molecule is COc1cc(C2=C3OC(=O)C(c4cc(C)c(C)c(C)c4)=C3OC2=O)cc(OC)c1OC. The van der Waals surface area contributed by atoms with Crippen LogP contribution < -0.4 is 14.2 Å². The number of hydrogen-bond donors (Lipinski definition) is 0. The summed E-state index contributed by atoms with van der Waals surface area (Å²) in [5.74, 6) is 0.150. The van der Waals surface area contributed by atoms with Crippen LogP contribution in [-0.4, -0.2) is 33.3 Å². The Hall–Kier alpha value is -3.74. The summed E-state index contributed by atoms with van der Waals surface area (Å²) in [6, 6.07) is 7.00. The van der Waals surface area contributed by atoms with Crippen molar-refractivity contribution >= 4 is 23.1 Å². The first-order valence-corrected chi connectivity index (χ1v) is 9.62. The number of carbonyl (C=O) groups is 2. The predicted molar refractivity (Wildman–Crippen MR) is 113 cm³/mol. The van der Waals surface area contributed by atoms with Crippen molar-refractivity contribution in [3.8, 4) is 17.2 Å². The standard InChI is InChI=1S/C24H22O7/c1-11-7-14(8-12(2)13(11)3)18-21-22(31-23(18)25)19(24(26)30-21)15-9-16(27-4)20(29-6)17(10-15)28-5/h7-10H,1-6H3. The topological polar surface area (TPSA) is 80.3 Å². The Morgan fingerprint density at radius 3 is 1.45 bits per heavy atom. The van der Waals surface area contributed by atoms with E-state index in [0.29, 0.717) is 28.4 Å². The molecule has 2 aromatic carbocycles. The second kappa shape index (κ2) is 7.50. The largest absolute Gasteiger partial charge is 0.493 e. The van der Waals surface area contributed by atoms with Gasteiger partial charge in [-0.15, -0.1) is 0 Å². The summed E-state index contributed by atoms with van der Waals surface area (Å²) in [6.45, 7) is 5.95. The Labute approximate surface area is 179 Å². The van der Waals surface area contributed by atoms with Crippen LogP contribution in [-0.2, 0) is 19.1 Å². The molecule has 0 saturated heterocycles. The third kappa shape index (κ3) is 3.13. The first-order chi connectivity index (χ1) is 14.8. The minimum atomic E-state index is -0.621. The van der Waals surface area contributed by atoms with Gasteiger partial charge < -0.3 is 23.7 Å². The quantitative estimate of drug-likeness (QED) is 0.677.